The Kier molecular flexibility index (Phi) is 10.3. The first-order valence-electron chi connectivity index (χ1n) is 13.0. The largest absolute Gasteiger partial charge is 0.350 e. The van der Waals surface area contributed by atoms with Crippen molar-refractivity contribution in [3.05, 3.63) is 95.3 Å². The van der Waals surface area contributed by atoms with Crippen LogP contribution in [0.1, 0.15) is 39.7 Å². The fraction of sp³-hybridized carbons (Fsp3) is 0.333. The average Bonchev–Trinajstić information content (AvgIpc) is 2.91. The predicted molar refractivity (Wildman–Crippen MR) is 156 cm³/mol. The van der Waals surface area contributed by atoms with E-state index in [0.717, 1.165) is 15.9 Å². The van der Waals surface area contributed by atoms with E-state index in [1.807, 2.05) is 51.1 Å². The van der Waals surface area contributed by atoms with Crippen molar-refractivity contribution in [2.45, 2.75) is 57.0 Å². The van der Waals surface area contributed by atoms with Crippen molar-refractivity contribution in [2.24, 2.45) is 0 Å². The van der Waals surface area contributed by atoms with E-state index < -0.39 is 39.9 Å². The molecule has 0 bridgehead atoms. The van der Waals surface area contributed by atoms with E-state index >= 15 is 0 Å². The van der Waals surface area contributed by atoms with Gasteiger partial charge in [0, 0.05) is 12.1 Å². The summed E-state index contributed by atoms with van der Waals surface area (Å²) >= 11 is 6.00. The van der Waals surface area contributed by atoms with E-state index in [1.165, 1.54) is 29.2 Å². The van der Waals surface area contributed by atoms with Crippen LogP contribution >= 0.6 is 11.6 Å². The van der Waals surface area contributed by atoms with Crippen LogP contribution in [0.4, 0.5) is 10.1 Å². The molecule has 3 rings (SSSR count). The third kappa shape index (κ3) is 8.05. The minimum Gasteiger partial charge on any atom is -0.350 e. The van der Waals surface area contributed by atoms with Crippen molar-refractivity contribution in [2.75, 3.05) is 17.4 Å². The van der Waals surface area contributed by atoms with E-state index in [1.54, 1.807) is 25.1 Å². The van der Waals surface area contributed by atoms with Crippen LogP contribution in [0.2, 0.25) is 5.02 Å². The van der Waals surface area contributed by atoms with Gasteiger partial charge in [-0.25, -0.2) is 12.8 Å². The number of hydrogen-bond donors (Lipinski definition) is 1. The average molecular weight is 588 g/mol. The molecule has 0 aliphatic heterocycles. The molecule has 0 saturated carbocycles. The number of carbonyl (C=O) groups excluding carboxylic acids is 2. The molecule has 1 N–H and O–H groups in total. The fourth-order valence-electron chi connectivity index (χ4n) is 4.24. The van der Waals surface area contributed by atoms with Gasteiger partial charge in [0.2, 0.25) is 11.8 Å². The van der Waals surface area contributed by atoms with Crippen molar-refractivity contribution in [3.63, 3.8) is 0 Å². The molecule has 2 amide bonds. The maximum atomic E-state index is 14.0. The minimum absolute atomic E-state index is 0.0267. The van der Waals surface area contributed by atoms with Crippen LogP contribution in [-0.2, 0) is 26.0 Å². The number of nitrogens with one attached hydrogen (secondary N) is 1. The van der Waals surface area contributed by atoms with Crippen molar-refractivity contribution in [1.82, 2.24) is 10.2 Å². The fourth-order valence-corrected chi connectivity index (χ4v) is 5.84. The summed E-state index contributed by atoms with van der Waals surface area (Å²) in [5.41, 5.74) is 0.455. The monoisotopic (exact) mass is 587 g/mol. The molecular formula is C30H35ClFN3O4S. The second-order valence-electron chi connectivity index (χ2n) is 10.4. The summed E-state index contributed by atoms with van der Waals surface area (Å²) in [4.78, 5) is 28.7. The van der Waals surface area contributed by atoms with Crippen molar-refractivity contribution >= 4 is 39.1 Å². The molecule has 0 unspecified atom stereocenters. The number of amides is 2. The molecule has 214 valence electrons. The Morgan fingerprint density at radius 2 is 1.57 bits per heavy atom. The molecule has 40 heavy (non-hydrogen) atoms. The number of anilines is 1. The first-order chi connectivity index (χ1) is 18.8. The Hall–Kier alpha value is -3.43. The minimum atomic E-state index is -4.26. The van der Waals surface area contributed by atoms with Gasteiger partial charge in [-0.3, -0.25) is 13.9 Å². The van der Waals surface area contributed by atoms with E-state index in [9.17, 15) is 22.4 Å². The summed E-state index contributed by atoms with van der Waals surface area (Å²) in [7, 11) is -4.26. The Labute approximate surface area is 241 Å². The molecule has 3 aromatic rings. The van der Waals surface area contributed by atoms with Crippen molar-refractivity contribution in [3.8, 4) is 0 Å². The lowest BCUT2D eigenvalue weighted by molar-refractivity contribution is -0.140. The molecule has 0 fully saturated rings. The molecule has 0 radical (unpaired) electrons. The zero-order valence-corrected chi connectivity index (χ0v) is 24.7. The molecule has 3 aromatic carbocycles. The third-order valence-corrected chi connectivity index (χ3v) is 8.25. The van der Waals surface area contributed by atoms with Gasteiger partial charge in [-0.15, -0.1) is 0 Å². The lowest BCUT2D eigenvalue weighted by Gasteiger charge is -2.34. The first-order valence-corrected chi connectivity index (χ1v) is 14.8. The van der Waals surface area contributed by atoms with Gasteiger partial charge in [0.1, 0.15) is 18.4 Å². The van der Waals surface area contributed by atoms with Crippen LogP contribution in [-0.4, -0.2) is 49.8 Å². The van der Waals surface area contributed by atoms with Crippen LogP contribution in [0, 0.1) is 5.82 Å². The highest BCUT2D eigenvalue weighted by molar-refractivity contribution is 7.92. The molecule has 0 aliphatic carbocycles. The zero-order valence-electron chi connectivity index (χ0n) is 23.1. The topological polar surface area (TPSA) is 86.8 Å². The smallest absolute Gasteiger partial charge is 0.264 e. The molecule has 0 spiro atoms. The number of sulfonamides is 1. The number of benzene rings is 3. The third-order valence-electron chi connectivity index (χ3n) is 6.17. The predicted octanol–water partition coefficient (Wildman–Crippen LogP) is 5.44. The van der Waals surface area contributed by atoms with Crippen LogP contribution in [0.25, 0.3) is 0 Å². The SMILES string of the molecule is CC[C@@H](C(=O)NC(C)(C)C)N(CCc1ccccc1)C(=O)CN(c1ccc(F)c(Cl)c1)S(=O)(=O)c1ccccc1. The summed E-state index contributed by atoms with van der Waals surface area (Å²) in [5, 5.41) is 2.65. The van der Waals surface area contributed by atoms with E-state index in [2.05, 4.69) is 5.32 Å². The van der Waals surface area contributed by atoms with Gasteiger partial charge in [-0.2, -0.15) is 0 Å². The summed E-state index contributed by atoms with van der Waals surface area (Å²) < 4.78 is 42.4. The van der Waals surface area contributed by atoms with Crippen LogP contribution in [0.5, 0.6) is 0 Å². The number of carbonyl (C=O) groups is 2. The van der Waals surface area contributed by atoms with Crippen LogP contribution < -0.4 is 9.62 Å². The van der Waals surface area contributed by atoms with Gasteiger partial charge in [-0.1, -0.05) is 67.1 Å². The van der Waals surface area contributed by atoms with Crippen LogP contribution in [0.3, 0.4) is 0 Å². The summed E-state index contributed by atoms with van der Waals surface area (Å²) in [6.07, 6.45) is 0.774. The van der Waals surface area contributed by atoms with Gasteiger partial charge >= 0.3 is 0 Å². The number of hydrogen-bond acceptors (Lipinski definition) is 4. The highest BCUT2D eigenvalue weighted by atomic mass is 35.5. The van der Waals surface area contributed by atoms with Gasteiger partial charge in [-0.05, 0) is 69.5 Å². The maximum Gasteiger partial charge on any atom is 0.264 e. The molecule has 0 heterocycles. The molecule has 0 aromatic heterocycles. The Balaban J connectivity index is 2.03. The summed E-state index contributed by atoms with van der Waals surface area (Å²) in [5.74, 6) is -1.63. The summed E-state index contributed by atoms with van der Waals surface area (Å²) in [6.45, 7) is 6.91. The van der Waals surface area contributed by atoms with E-state index in [0.29, 0.717) is 12.8 Å². The molecule has 7 nitrogen and oxygen atoms in total. The molecule has 1 atom stereocenters. The molecule has 0 aliphatic rings. The number of nitrogens with zero attached hydrogens (tertiary/aromatic N) is 2. The van der Waals surface area contributed by atoms with Gasteiger partial charge in [0.25, 0.3) is 10.0 Å². The van der Waals surface area contributed by atoms with Gasteiger partial charge in [0.05, 0.1) is 15.6 Å². The number of halogens is 2. The second kappa shape index (κ2) is 13.3. The first kappa shape index (κ1) is 31.1. The Bertz CT molecular complexity index is 1410. The summed E-state index contributed by atoms with van der Waals surface area (Å²) in [6, 6.07) is 19.8. The molecule has 10 heteroatoms. The zero-order chi connectivity index (χ0) is 29.5. The molecule has 0 saturated heterocycles. The Morgan fingerprint density at radius 1 is 0.975 bits per heavy atom. The normalized spacial score (nSPS) is 12.4. The quantitative estimate of drug-likeness (QED) is 0.324. The highest BCUT2D eigenvalue weighted by Crippen LogP contribution is 2.28. The molecular weight excluding hydrogens is 553 g/mol. The Morgan fingerprint density at radius 3 is 2.12 bits per heavy atom. The van der Waals surface area contributed by atoms with Gasteiger partial charge < -0.3 is 10.2 Å². The van der Waals surface area contributed by atoms with Crippen molar-refractivity contribution in [1.29, 1.82) is 0 Å². The lowest BCUT2D eigenvalue weighted by Crippen LogP contribution is -2.56. The van der Waals surface area contributed by atoms with Crippen molar-refractivity contribution < 1.29 is 22.4 Å². The number of rotatable bonds is 11. The van der Waals surface area contributed by atoms with E-state index in [4.69, 9.17) is 11.6 Å². The van der Waals surface area contributed by atoms with Crippen LogP contribution in [0.15, 0.2) is 83.8 Å². The lowest BCUT2D eigenvalue weighted by atomic mass is 10.1. The maximum absolute atomic E-state index is 14.0. The highest BCUT2D eigenvalue weighted by Gasteiger charge is 2.34. The second-order valence-corrected chi connectivity index (χ2v) is 12.7. The standard InChI is InChI=1S/C30H35ClFN3O4S/c1-5-27(29(37)33-30(2,3)4)34(19-18-22-12-8-6-9-13-22)28(36)21-35(23-16-17-26(32)25(31)20-23)40(38,39)24-14-10-7-11-15-24/h6-17,20,27H,5,18-19,21H2,1-4H3,(H,33,37)/t27-/m0/s1. The van der Waals surface area contributed by atoms with E-state index in [-0.39, 0.29) is 28.1 Å². The van der Waals surface area contributed by atoms with Gasteiger partial charge in [0.15, 0.2) is 0 Å².